The number of hydrogen-bond acceptors (Lipinski definition) is 3. The number of benzene rings is 7. The van der Waals surface area contributed by atoms with Gasteiger partial charge in [0.25, 0.3) is 0 Å². The Morgan fingerprint density at radius 1 is 0.404 bits per heavy atom. The fourth-order valence-corrected chi connectivity index (χ4v) is 7.84. The van der Waals surface area contributed by atoms with Crippen molar-refractivity contribution in [2.45, 2.75) is 6.92 Å². The van der Waals surface area contributed by atoms with Gasteiger partial charge in [-0.05, 0) is 61.5 Å². The average molecular weight is 672 g/mol. The summed E-state index contributed by atoms with van der Waals surface area (Å²) >= 11 is 0. The maximum atomic E-state index is 8.47. The van der Waals surface area contributed by atoms with Crippen LogP contribution in [0, 0.1) is 6.92 Å². The van der Waals surface area contributed by atoms with Crippen molar-refractivity contribution in [3.05, 3.63) is 169 Å². The van der Waals surface area contributed by atoms with Crippen molar-refractivity contribution in [1.29, 1.82) is 0 Å². The molecule has 0 radical (unpaired) electrons. The van der Waals surface area contributed by atoms with Gasteiger partial charge in [-0.1, -0.05) is 115 Å². The Balaban J connectivity index is 1.27. The second-order valence-corrected chi connectivity index (χ2v) is 13.0. The van der Waals surface area contributed by atoms with Gasteiger partial charge < -0.3 is 4.57 Å². The molecule has 4 aromatic heterocycles. The van der Waals surface area contributed by atoms with E-state index in [2.05, 4.69) is 35.8 Å². The summed E-state index contributed by atoms with van der Waals surface area (Å²) in [4.78, 5) is 15.8. The van der Waals surface area contributed by atoms with Gasteiger partial charge in [0.1, 0.15) is 0 Å². The van der Waals surface area contributed by atoms with E-state index in [4.69, 9.17) is 21.8 Å². The Morgan fingerprint density at radius 3 is 1.33 bits per heavy atom. The average Bonchev–Trinajstić information content (AvgIpc) is 3.81. The molecule has 0 amide bonds. The molecule has 11 rings (SSSR count). The molecule has 6 heteroatoms. The lowest BCUT2D eigenvalue weighted by atomic mass is 10.1. The largest absolute Gasteiger partial charge is 0.309 e. The van der Waals surface area contributed by atoms with E-state index in [1.165, 1.54) is 0 Å². The number of hydrogen-bond donors (Lipinski definition) is 0. The first-order valence-electron chi connectivity index (χ1n) is 19.6. The molecule has 0 aliphatic rings. The zero-order chi connectivity index (χ0) is 38.7. The summed E-state index contributed by atoms with van der Waals surface area (Å²) in [6.45, 7) is 2.07. The summed E-state index contributed by atoms with van der Waals surface area (Å²) in [7, 11) is 0. The van der Waals surface area contributed by atoms with Gasteiger partial charge in [0.2, 0.25) is 11.9 Å². The molecule has 0 saturated heterocycles. The molecule has 0 unspecified atom stereocenters. The third-order valence-corrected chi connectivity index (χ3v) is 10.1. The van der Waals surface area contributed by atoms with Gasteiger partial charge in [-0.25, -0.2) is 0 Å². The maximum Gasteiger partial charge on any atom is 0.240 e. The van der Waals surface area contributed by atoms with Crippen molar-refractivity contribution in [2.24, 2.45) is 0 Å². The summed E-state index contributed by atoms with van der Waals surface area (Å²) in [6, 6.07) is 43.8. The molecule has 0 atom stereocenters. The van der Waals surface area contributed by atoms with Crippen molar-refractivity contribution in [3.8, 4) is 29.0 Å². The lowest BCUT2D eigenvalue weighted by Gasteiger charge is -2.16. The highest BCUT2D eigenvalue weighted by Gasteiger charge is 2.22. The second-order valence-electron chi connectivity index (χ2n) is 13.0. The highest BCUT2D eigenvalue weighted by atomic mass is 15.3. The van der Waals surface area contributed by atoms with Crippen LogP contribution in [0.25, 0.3) is 94.4 Å². The van der Waals surface area contributed by atoms with Crippen LogP contribution >= 0.6 is 0 Å². The second kappa shape index (κ2) is 11.0. The third kappa shape index (κ3) is 4.09. The van der Waals surface area contributed by atoms with Crippen LogP contribution in [0.2, 0.25) is 0 Å². The molecule has 0 N–H and O–H groups in total. The van der Waals surface area contributed by atoms with Gasteiger partial charge in [-0.15, -0.1) is 0 Å². The van der Waals surface area contributed by atoms with E-state index < -0.39 is 0 Å². The van der Waals surface area contributed by atoms with Gasteiger partial charge in [-0.3, -0.25) is 9.13 Å². The Bertz CT molecular complexity index is 3190. The number of rotatable bonds is 4. The molecule has 0 saturated carbocycles. The van der Waals surface area contributed by atoms with Gasteiger partial charge in [0, 0.05) is 37.9 Å². The molecule has 0 fully saturated rings. The van der Waals surface area contributed by atoms with E-state index in [0.717, 1.165) is 82.2 Å². The molecule has 52 heavy (non-hydrogen) atoms. The molecule has 11 aromatic rings. The Morgan fingerprint density at radius 2 is 0.827 bits per heavy atom. The fraction of sp³-hybridized carbons (Fsp3) is 0.0217. The smallest absolute Gasteiger partial charge is 0.240 e. The molecule has 0 bridgehead atoms. The van der Waals surface area contributed by atoms with Gasteiger partial charge in [-0.2, -0.15) is 15.0 Å². The summed E-state index contributed by atoms with van der Waals surface area (Å²) in [5.41, 5.74) is 7.80. The first kappa shape index (κ1) is 24.2. The predicted octanol–water partition coefficient (Wildman–Crippen LogP) is 11.1. The maximum absolute atomic E-state index is 8.47. The summed E-state index contributed by atoms with van der Waals surface area (Å²) < 4.78 is 48.5. The lowest BCUT2D eigenvalue weighted by molar-refractivity contribution is 0.892. The topological polar surface area (TPSA) is 53.5 Å². The highest BCUT2D eigenvalue weighted by Crippen LogP contribution is 2.38. The van der Waals surface area contributed by atoms with Crippen molar-refractivity contribution < 1.29 is 6.85 Å². The van der Waals surface area contributed by atoms with Crippen molar-refractivity contribution in [1.82, 2.24) is 28.7 Å². The molecule has 244 valence electrons. The van der Waals surface area contributed by atoms with Crippen LogP contribution in [0.1, 0.15) is 12.4 Å². The standard InChI is InChI=1S/C46H30N6/c1-29-26-27-43-36(28-29)34-18-6-8-20-37(34)50(43)42-25-13-7-19-35(42)44-47-45(51-38-21-9-2-14-30(38)31-15-3-10-22-39(31)51)49-46(48-44)52-40-23-11-4-16-32(40)33-17-5-12-24-41(33)52/h2-28H,1H3/i2D,3D,4D,5D,6D. The van der Waals surface area contributed by atoms with Crippen molar-refractivity contribution in [3.63, 3.8) is 0 Å². The SMILES string of the molecule is [2H]c1ccc2c(c1)c1cc([2H])ccc1n2-c1nc(-c2ccccc2-n2c3ccc([2H])cc3c3cc(C)ccc32)nc(-n2c3ccc([2H])cc3c3cc([2H])ccc32)n1. The lowest BCUT2D eigenvalue weighted by Crippen LogP contribution is -2.11. The van der Waals surface area contributed by atoms with Crippen molar-refractivity contribution in [2.75, 3.05) is 0 Å². The zero-order valence-corrected chi connectivity index (χ0v) is 27.9. The summed E-state index contributed by atoms with van der Waals surface area (Å²) in [5, 5.41) is 5.28. The van der Waals surface area contributed by atoms with Gasteiger partial charge >= 0.3 is 0 Å². The van der Waals surface area contributed by atoms with E-state index in [1.54, 1.807) is 24.3 Å². The van der Waals surface area contributed by atoms with Crippen LogP contribution in [-0.4, -0.2) is 28.7 Å². The Labute approximate surface area is 305 Å². The first-order valence-corrected chi connectivity index (χ1v) is 17.1. The molecular weight excluding hydrogens is 637 g/mol. The number of aryl methyl sites for hydroxylation is 1. The molecule has 0 spiro atoms. The minimum Gasteiger partial charge on any atom is -0.309 e. The van der Waals surface area contributed by atoms with Crippen molar-refractivity contribution >= 4 is 65.4 Å². The van der Waals surface area contributed by atoms with E-state index in [0.29, 0.717) is 47.9 Å². The highest BCUT2D eigenvalue weighted by molar-refractivity contribution is 6.11. The predicted molar refractivity (Wildman–Crippen MR) is 213 cm³/mol. The first-order chi connectivity index (χ1) is 27.7. The zero-order valence-electron chi connectivity index (χ0n) is 32.9. The summed E-state index contributed by atoms with van der Waals surface area (Å²) in [6.07, 6.45) is 0. The monoisotopic (exact) mass is 671 g/mol. The number of fused-ring (bicyclic) bond motifs is 9. The van der Waals surface area contributed by atoms with E-state index in [9.17, 15) is 0 Å². The molecule has 4 heterocycles. The quantitative estimate of drug-likeness (QED) is 0.187. The van der Waals surface area contributed by atoms with E-state index in [-0.39, 0.29) is 0 Å². The van der Waals surface area contributed by atoms with Gasteiger partial charge in [0.15, 0.2) is 5.82 Å². The molecule has 0 aliphatic heterocycles. The van der Waals surface area contributed by atoms with Crippen LogP contribution in [0.15, 0.2) is 164 Å². The van der Waals surface area contributed by atoms with E-state index >= 15 is 0 Å². The Hall–Kier alpha value is -7.05. The molecule has 0 aliphatic carbocycles. The molecular formula is C46H30N6. The van der Waals surface area contributed by atoms with Crippen LogP contribution in [0.5, 0.6) is 0 Å². The van der Waals surface area contributed by atoms with Crippen LogP contribution in [0.3, 0.4) is 0 Å². The number of aromatic nitrogens is 6. The minimum atomic E-state index is 0.348. The van der Waals surface area contributed by atoms with Gasteiger partial charge in [0.05, 0.1) is 45.6 Å². The van der Waals surface area contributed by atoms with E-state index in [1.807, 2.05) is 94.1 Å². The van der Waals surface area contributed by atoms with Crippen LogP contribution in [-0.2, 0) is 0 Å². The normalized spacial score (nSPS) is 13.3. The van der Waals surface area contributed by atoms with Crippen LogP contribution in [0.4, 0.5) is 0 Å². The summed E-state index contributed by atoms with van der Waals surface area (Å²) in [5.74, 6) is 1.11. The minimum absolute atomic E-state index is 0.348. The fourth-order valence-electron chi connectivity index (χ4n) is 7.84. The van der Waals surface area contributed by atoms with Crippen LogP contribution < -0.4 is 0 Å². The molecule has 6 nitrogen and oxygen atoms in total. The number of para-hydroxylation sites is 6. The Kier molecular flexibility index (Phi) is 5.10. The molecule has 7 aromatic carbocycles. The number of nitrogens with zero attached hydrogens (tertiary/aromatic N) is 6. The third-order valence-electron chi connectivity index (χ3n) is 10.1.